The Morgan fingerprint density at radius 2 is 1.86 bits per heavy atom. The van der Waals surface area contributed by atoms with E-state index in [1.165, 1.54) is 0 Å². The molecule has 28 heavy (non-hydrogen) atoms. The fraction of sp³-hybridized carbons (Fsp3) is 0.826. The summed E-state index contributed by atoms with van der Waals surface area (Å²) in [6.45, 7) is 17.9. The van der Waals surface area contributed by atoms with Crippen LogP contribution in [0.5, 0.6) is 0 Å². The third-order valence-electron chi connectivity index (χ3n) is 6.55. The van der Waals surface area contributed by atoms with Crippen molar-refractivity contribution in [2.75, 3.05) is 6.61 Å². The molecule has 1 heterocycles. The Balaban J connectivity index is 2.16. The van der Waals surface area contributed by atoms with Crippen LogP contribution in [-0.2, 0) is 13.9 Å². The number of unbranched alkanes of at least 4 members (excludes halogenated alkanes) is 1. The molecule has 1 saturated heterocycles. The van der Waals surface area contributed by atoms with Gasteiger partial charge in [0.2, 0.25) is 0 Å². The second-order valence-corrected chi connectivity index (χ2v) is 15.2. The first-order chi connectivity index (χ1) is 12.9. The lowest BCUT2D eigenvalue weighted by Gasteiger charge is -2.43. The maximum Gasteiger partial charge on any atom is 0.191 e. The molecule has 0 spiro atoms. The summed E-state index contributed by atoms with van der Waals surface area (Å²) in [5.74, 6) is -0.408. The molecule has 0 amide bonds. The predicted molar refractivity (Wildman–Crippen MR) is 118 cm³/mol. The molecular weight excluding hydrogens is 368 g/mol. The highest BCUT2D eigenvalue weighted by molar-refractivity contribution is 6.74. The van der Waals surface area contributed by atoms with Gasteiger partial charge < -0.3 is 19.0 Å². The Kier molecular flexibility index (Phi) is 7.76. The van der Waals surface area contributed by atoms with Gasteiger partial charge in [-0.15, -0.1) is 0 Å². The number of aliphatic hydroxyl groups is 1. The van der Waals surface area contributed by atoms with Crippen LogP contribution < -0.4 is 0 Å². The van der Waals surface area contributed by atoms with Gasteiger partial charge in [-0.2, -0.15) is 0 Å². The van der Waals surface area contributed by atoms with Gasteiger partial charge in [0.15, 0.2) is 14.1 Å². The van der Waals surface area contributed by atoms with Crippen molar-refractivity contribution in [2.24, 2.45) is 11.8 Å². The molecule has 5 atom stereocenters. The number of allylic oxidation sites excluding steroid dienone is 4. The summed E-state index contributed by atoms with van der Waals surface area (Å²) < 4.78 is 18.6. The lowest BCUT2D eigenvalue weighted by atomic mass is 9.74. The minimum absolute atomic E-state index is 0.0173. The van der Waals surface area contributed by atoms with E-state index < -0.39 is 20.2 Å². The van der Waals surface area contributed by atoms with E-state index >= 15 is 0 Å². The fourth-order valence-electron chi connectivity index (χ4n) is 3.79. The number of hydrogen-bond donors (Lipinski definition) is 1. The van der Waals surface area contributed by atoms with E-state index in [-0.39, 0.29) is 29.1 Å². The third-order valence-corrected chi connectivity index (χ3v) is 11.1. The SMILES string of the molecule is CCC/C=C/C=C/[C@@H]1C[C@H]2OC(C)(C)O[C@H]2[C@H](O)[C@H]1CO[Si](C)(C)C(C)(C)C. The van der Waals surface area contributed by atoms with Gasteiger partial charge >= 0.3 is 0 Å². The van der Waals surface area contributed by atoms with Crippen LogP contribution in [0.4, 0.5) is 0 Å². The molecule has 1 N–H and O–H groups in total. The quantitative estimate of drug-likeness (QED) is 0.448. The molecule has 0 aromatic rings. The molecule has 1 aliphatic heterocycles. The average Bonchev–Trinajstić information content (AvgIpc) is 2.87. The second-order valence-electron chi connectivity index (χ2n) is 10.4. The van der Waals surface area contributed by atoms with Crippen LogP contribution in [0, 0.1) is 11.8 Å². The van der Waals surface area contributed by atoms with Crippen LogP contribution in [-0.4, -0.2) is 44.1 Å². The molecule has 0 aromatic carbocycles. The first-order valence-corrected chi connectivity index (χ1v) is 13.8. The lowest BCUT2D eigenvalue weighted by Crippen LogP contribution is -2.52. The highest BCUT2D eigenvalue weighted by Gasteiger charge is 2.52. The molecule has 2 aliphatic rings. The van der Waals surface area contributed by atoms with Gasteiger partial charge in [-0.3, -0.25) is 0 Å². The number of hydrogen-bond acceptors (Lipinski definition) is 4. The molecular formula is C23H42O4Si. The first kappa shape index (κ1) is 23.8. The Bertz CT molecular complexity index is 561. The van der Waals surface area contributed by atoms with E-state index in [1.54, 1.807) is 0 Å². The lowest BCUT2D eigenvalue weighted by molar-refractivity contribution is -0.157. The second kappa shape index (κ2) is 9.13. The summed E-state index contributed by atoms with van der Waals surface area (Å²) in [5, 5.41) is 11.3. The Labute approximate surface area is 173 Å². The Morgan fingerprint density at radius 3 is 2.46 bits per heavy atom. The molecule has 5 heteroatoms. The van der Waals surface area contributed by atoms with Gasteiger partial charge in [-0.1, -0.05) is 58.4 Å². The average molecular weight is 411 g/mol. The van der Waals surface area contributed by atoms with Crippen molar-refractivity contribution >= 4 is 8.32 Å². The van der Waals surface area contributed by atoms with Crippen molar-refractivity contribution in [1.82, 2.24) is 0 Å². The number of fused-ring (bicyclic) bond motifs is 1. The zero-order valence-corrected chi connectivity index (χ0v) is 20.2. The van der Waals surface area contributed by atoms with E-state index in [0.717, 1.165) is 19.3 Å². The monoisotopic (exact) mass is 410 g/mol. The van der Waals surface area contributed by atoms with Gasteiger partial charge in [0.25, 0.3) is 0 Å². The molecule has 162 valence electrons. The van der Waals surface area contributed by atoms with E-state index in [0.29, 0.717) is 6.61 Å². The van der Waals surface area contributed by atoms with Gasteiger partial charge in [0.1, 0.15) is 6.10 Å². The largest absolute Gasteiger partial charge is 0.416 e. The van der Waals surface area contributed by atoms with Crippen molar-refractivity contribution in [3.63, 3.8) is 0 Å². The fourth-order valence-corrected chi connectivity index (χ4v) is 4.83. The summed E-state index contributed by atoms with van der Waals surface area (Å²) in [6, 6.07) is 0. The smallest absolute Gasteiger partial charge is 0.191 e. The zero-order chi connectivity index (χ0) is 21.2. The molecule has 1 saturated carbocycles. The Morgan fingerprint density at radius 1 is 1.18 bits per heavy atom. The highest BCUT2D eigenvalue weighted by Crippen LogP contribution is 2.44. The van der Waals surface area contributed by atoms with Crippen LogP contribution in [0.2, 0.25) is 18.1 Å². The van der Waals surface area contributed by atoms with Crippen molar-refractivity contribution < 1.29 is 19.0 Å². The minimum atomic E-state index is -1.88. The maximum absolute atomic E-state index is 11.2. The molecule has 4 nitrogen and oxygen atoms in total. The van der Waals surface area contributed by atoms with Crippen LogP contribution in [0.25, 0.3) is 0 Å². The van der Waals surface area contributed by atoms with E-state index in [9.17, 15) is 5.11 Å². The summed E-state index contributed by atoms with van der Waals surface area (Å²) in [7, 11) is -1.88. The molecule has 0 unspecified atom stereocenters. The number of ether oxygens (including phenoxy) is 2. The van der Waals surface area contributed by atoms with E-state index in [1.807, 2.05) is 13.8 Å². The summed E-state index contributed by atoms with van der Waals surface area (Å²) >= 11 is 0. The Hall–Kier alpha value is -0.463. The van der Waals surface area contributed by atoms with Gasteiger partial charge in [0.05, 0.1) is 12.2 Å². The first-order valence-electron chi connectivity index (χ1n) is 10.9. The van der Waals surface area contributed by atoms with Crippen LogP contribution in [0.3, 0.4) is 0 Å². The number of aliphatic hydroxyl groups excluding tert-OH is 1. The highest BCUT2D eigenvalue weighted by atomic mass is 28.4. The van der Waals surface area contributed by atoms with Crippen molar-refractivity contribution in [1.29, 1.82) is 0 Å². The van der Waals surface area contributed by atoms with E-state index in [4.69, 9.17) is 13.9 Å². The summed E-state index contributed by atoms with van der Waals surface area (Å²) in [4.78, 5) is 0. The van der Waals surface area contributed by atoms with Gasteiger partial charge in [-0.05, 0) is 50.7 Å². The third kappa shape index (κ3) is 5.79. The van der Waals surface area contributed by atoms with Crippen molar-refractivity contribution in [2.45, 2.75) is 103 Å². The molecule has 0 bridgehead atoms. The van der Waals surface area contributed by atoms with Crippen LogP contribution in [0.1, 0.15) is 60.8 Å². The topological polar surface area (TPSA) is 47.9 Å². The molecule has 2 rings (SSSR count). The summed E-state index contributed by atoms with van der Waals surface area (Å²) in [6.07, 6.45) is 10.8. The van der Waals surface area contributed by atoms with Crippen LogP contribution in [0.15, 0.2) is 24.3 Å². The maximum atomic E-state index is 11.2. The number of rotatable bonds is 7. The van der Waals surface area contributed by atoms with Crippen molar-refractivity contribution in [3.05, 3.63) is 24.3 Å². The molecule has 0 radical (unpaired) electrons. The molecule has 2 fully saturated rings. The molecule has 0 aromatic heterocycles. The minimum Gasteiger partial charge on any atom is -0.416 e. The zero-order valence-electron chi connectivity index (χ0n) is 19.2. The van der Waals surface area contributed by atoms with Gasteiger partial charge in [-0.25, -0.2) is 0 Å². The standard InChI is InChI=1S/C23H42O4Si/c1-9-10-11-12-13-14-17-15-19-21(27-23(5,6)26-19)20(24)18(17)16-25-28(7,8)22(2,3)4/h11-14,17-21,24H,9-10,15-16H2,1-8H3/b12-11+,14-13+/t17-,18+,19-,20-,21-/m1/s1. The predicted octanol–water partition coefficient (Wildman–Crippen LogP) is 5.44. The van der Waals surface area contributed by atoms with Gasteiger partial charge in [0, 0.05) is 12.5 Å². The van der Waals surface area contributed by atoms with Crippen molar-refractivity contribution in [3.8, 4) is 0 Å². The summed E-state index contributed by atoms with van der Waals surface area (Å²) in [5.41, 5.74) is 0. The normalized spacial score (nSPS) is 33.7. The molecule has 1 aliphatic carbocycles. The van der Waals surface area contributed by atoms with E-state index in [2.05, 4.69) is 65.1 Å². The van der Waals surface area contributed by atoms with Crippen LogP contribution >= 0.6 is 0 Å².